The van der Waals surface area contributed by atoms with E-state index in [4.69, 9.17) is 9.47 Å². The standard InChI is InChI=1S/C20H23NO4/c1-2-3-7-14-24-20(23)16-10-12-17(13-11-16)21-19(22)15-25-18-8-5-4-6-9-18/h4-6,8-13H,2-3,7,14-15H2,1H3,(H,21,22). The molecule has 0 saturated heterocycles. The number of carbonyl (C=O) groups is 2. The Kier molecular flexibility index (Phi) is 7.50. The fourth-order valence-electron chi connectivity index (χ4n) is 2.15. The number of carbonyl (C=O) groups excluding carboxylic acids is 2. The van der Waals surface area contributed by atoms with Crippen molar-refractivity contribution in [2.24, 2.45) is 0 Å². The molecule has 0 aliphatic rings. The maximum atomic E-state index is 11.9. The van der Waals surface area contributed by atoms with Gasteiger partial charge in [-0.15, -0.1) is 0 Å². The van der Waals surface area contributed by atoms with Gasteiger partial charge in [0.1, 0.15) is 5.75 Å². The van der Waals surface area contributed by atoms with Gasteiger partial charge in [0.25, 0.3) is 5.91 Å². The van der Waals surface area contributed by atoms with Crippen molar-refractivity contribution >= 4 is 17.6 Å². The summed E-state index contributed by atoms with van der Waals surface area (Å²) >= 11 is 0. The minimum absolute atomic E-state index is 0.0781. The Bertz CT molecular complexity index is 668. The van der Waals surface area contributed by atoms with Crippen LogP contribution in [0.5, 0.6) is 5.75 Å². The highest BCUT2D eigenvalue weighted by molar-refractivity contribution is 5.93. The van der Waals surface area contributed by atoms with E-state index in [0.29, 0.717) is 23.6 Å². The van der Waals surface area contributed by atoms with E-state index >= 15 is 0 Å². The number of unbranched alkanes of at least 4 members (excludes halogenated alkanes) is 2. The molecule has 0 aromatic heterocycles. The van der Waals surface area contributed by atoms with Crippen molar-refractivity contribution in [2.75, 3.05) is 18.5 Å². The topological polar surface area (TPSA) is 64.6 Å². The van der Waals surface area contributed by atoms with E-state index in [0.717, 1.165) is 19.3 Å². The molecule has 25 heavy (non-hydrogen) atoms. The molecule has 1 amide bonds. The summed E-state index contributed by atoms with van der Waals surface area (Å²) < 4.78 is 10.6. The second-order valence-corrected chi connectivity index (χ2v) is 5.57. The zero-order valence-corrected chi connectivity index (χ0v) is 14.4. The molecule has 0 atom stereocenters. The predicted octanol–water partition coefficient (Wildman–Crippen LogP) is 4.05. The zero-order chi connectivity index (χ0) is 17.9. The van der Waals surface area contributed by atoms with Crippen LogP contribution >= 0.6 is 0 Å². The van der Waals surface area contributed by atoms with E-state index in [1.165, 1.54) is 0 Å². The van der Waals surface area contributed by atoms with E-state index < -0.39 is 0 Å². The van der Waals surface area contributed by atoms with Gasteiger partial charge in [0.15, 0.2) is 6.61 Å². The van der Waals surface area contributed by atoms with Gasteiger partial charge in [0.05, 0.1) is 12.2 Å². The summed E-state index contributed by atoms with van der Waals surface area (Å²) in [6.07, 6.45) is 3.00. The molecule has 0 aliphatic heterocycles. The van der Waals surface area contributed by atoms with E-state index in [-0.39, 0.29) is 18.5 Å². The summed E-state index contributed by atoms with van der Waals surface area (Å²) in [5.74, 6) is 0.0268. The van der Waals surface area contributed by atoms with Crippen LogP contribution < -0.4 is 10.1 Å². The van der Waals surface area contributed by atoms with Crippen LogP contribution in [0.4, 0.5) is 5.69 Å². The van der Waals surface area contributed by atoms with Crippen molar-refractivity contribution in [1.82, 2.24) is 0 Å². The van der Waals surface area contributed by atoms with E-state index in [9.17, 15) is 9.59 Å². The molecule has 0 saturated carbocycles. The van der Waals surface area contributed by atoms with Crippen molar-refractivity contribution in [1.29, 1.82) is 0 Å². The Morgan fingerprint density at radius 3 is 2.36 bits per heavy atom. The minimum Gasteiger partial charge on any atom is -0.484 e. The second kappa shape index (κ2) is 10.1. The first-order chi connectivity index (χ1) is 12.2. The lowest BCUT2D eigenvalue weighted by Gasteiger charge is -2.08. The molecule has 5 heteroatoms. The smallest absolute Gasteiger partial charge is 0.338 e. The molecule has 2 aromatic carbocycles. The van der Waals surface area contributed by atoms with Crippen LogP contribution in [-0.4, -0.2) is 25.1 Å². The number of para-hydroxylation sites is 1. The largest absolute Gasteiger partial charge is 0.484 e. The third-order valence-corrected chi connectivity index (χ3v) is 3.50. The third-order valence-electron chi connectivity index (χ3n) is 3.50. The Morgan fingerprint density at radius 1 is 0.960 bits per heavy atom. The molecule has 0 radical (unpaired) electrons. The molecule has 0 heterocycles. The average molecular weight is 341 g/mol. The summed E-state index contributed by atoms with van der Waals surface area (Å²) in [6, 6.07) is 15.7. The van der Waals surface area contributed by atoms with Gasteiger partial charge in [-0.3, -0.25) is 4.79 Å². The van der Waals surface area contributed by atoms with Crippen LogP contribution in [0.3, 0.4) is 0 Å². The molecular formula is C20H23NO4. The lowest BCUT2D eigenvalue weighted by molar-refractivity contribution is -0.118. The molecule has 0 unspecified atom stereocenters. The molecule has 132 valence electrons. The maximum absolute atomic E-state index is 11.9. The Morgan fingerprint density at radius 2 is 1.68 bits per heavy atom. The molecule has 0 bridgehead atoms. The molecule has 0 spiro atoms. The Labute approximate surface area is 148 Å². The molecule has 5 nitrogen and oxygen atoms in total. The number of benzene rings is 2. The molecular weight excluding hydrogens is 318 g/mol. The van der Waals surface area contributed by atoms with Crippen molar-refractivity contribution in [3.63, 3.8) is 0 Å². The van der Waals surface area contributed by atoms with Crippen LogP contribution in [0.2, 0.25) is 0 Å². The van der Waals surface area contributed by atoms with Crippen molar-refractivity contribution < 1.29 is 19.1 Å². The summed E-state index contributed by atoms with van der Waals surface area (Å²) in [5.41, 5.74) is 1.07. The molecule has 2 rings (SSSR count). The maximum Gasteiger partial charge on any atom is 0.338 e. The number of ether oxygens (including phenoxy) is 2. The van der Waals surface area contributed by atoms with E-state index in [1.54, 1.807) is 36.4 Å². The van der Waals surface area contributed by atoms with Crippen LogP contribution in [0.1, 0.15) is 36.5 Å². The third kappa shape index (κ3) is 6.67. The Balaban J connectivity index is 1.77. The summed E-state index contributed by atoms with van der Waals surface area (Å²) in [6.45, 7) is 2.45. The number of anilines is 1. The molecule has 2 aromatic rings. The Hall–Kier alpha value is -2.82. The lowest BCUT2D eigenvalue weighted by atomic mass is 10.2. The monoisotopic (exact) mass is 341 g/mol. The first-order valence-electron chi connectivity index (χ1n) is 8.44. The van der Waals surface area contributed by atoms with Crippen LogP contribution in [0.25, 0.3) is 0 Å². The second-order valence-electron chi connectivity index (χ2n) is 5.57. The quantitative estimate of drug-likeness (QED) is 0.552. The number of nitrogens with one attached hydrogen (secondary N) is 1. The van der Waals surface area contributed by atoms with E-state index in [2.05, 4.69) is 12.2 Å². The molecule has 0 fully saturated rings. The highest BCUT2D eigenvalue weighted by Gasteiger charge is 2.08. The highest BCUT2D eigenvalue weighted by Crippen LogP contribution is 2.12. The fraction of sp³-hybridized carbons (Fsp3) is 0.300. The lowest BCUT2D eigenvalue weighted by Crippen LogP contribution is -2.20. The van der Waals surface area contributed by atoms with Gasteiger partial charge in [-0.1, -0.05) is 38.0 Å². The van der Waals surface area contributed by atoms with Gasteiger partial charge < -0.3 is 14.8 Å². The first-order valence-corrected chi connectivity index (χ1v) is 8.44. The summed E-state index contributed by atoms with van der Waals surface area (Å²) in [5, 5.41) is 2.72. The number of rotatable bonds is 9. The number of esters is 1. The van der Waals surface area contributed by atoms with Crippen molar-refractivity contribution in [3.8, 4) is 5.75 Å². The van der Waals surface area contributed by atoms with Crippen LogP contribution in [0.15, 0.2) is 54.6 Å². The summed E-state index contributed by atoms with van der Waals surface area (Å²) in [4.78, 5) is 23.8. The zero-order valence-electron chi connectivity index (χ0n) is 14.4. The fourth-order valence-corrected chi connectivity index (χ4v) is 2.15. The van der Waals surface area contributed by atoms with Gasteiger partial charge in [0.2, 0.25) is 0 Å². The average Bonchev–Trinajstić information content (AvgIpc) is 2.65. The van der Waals surface area contributed by atoms with Gasteiger partial charge >= 0.3 is 5.97 Å². The van der Waals surface area contributed by atoms with Crippen LogP contribution in [-0.2, 0) is 9.53 Å². The van der Waals surface area contributed by atoms with Gasteiger partial charge in [-0.2, -0.15) is 0 Å². The minimum atomic E-state index is -0.346. The van der Waals surface area contributed by atoms with Gasteiger partial charge in [0, 0.05) is 5.69 Å². The normalized spacial score (nSPS) is 10.1. The SMILES string of the molecule is CCCCCOC(=O)c1ccc(NC(=O)COc2ccccc2)cc1. The van der Waals surface area contributed by atoms with Gasteiger partial charge in [-0.25, -0.2) is 4.79 Å². The molecule has 1 N–H and O–H groups in total. The van der Waals surface area contributed by atoms with Gasteiger partial charge in [-0.05, 0) is 42.8 Å². The number of hydrogen-bond donors (Lipinski definition) is 1. The number of amides is 1. The summed E-state index contributed by atoms with van der Waals surface area (Å²) in [7, 11) is 0. The molecule has 0 aliphatic carbocycles. The van der Waals surface area contributed by atoms with E-state index in [1.807, 2.05) is 18.2 Å². The highest BCUT2D eigenvalue weighted by atomic mass is 16.5. The van der Waals surface area contributed by atoms with Crippen LogP contribution in [0, 0.1) is 0 Å². The first kappa shape index (κ1) is 18.5. The van der Waals surface area contributed by atoms with Crippen molar-refractivity contribution in [2.45, 2.75) is 26.2 Å². The predicted molar refractivity (Wildman–Crippen MR) is 96.8 cm³/mol. The van der Waals surface area contributed by atoms with Crippen molar-refractivity contribution in [3.05, 3.63) is 60.2 Å². The number of hydrogen-bond acceptors (Lipinski definition) is 4.